The molecule has 3 aromatic heterocycles. The molecule has 0 radical (unpaired) electrons. The third kappa shape index (κ3) is 4.11. The summed E-state index contributed by atoms with van der Waals surface area (Å²) >= 11 is 2.98. The fourth-order valence-corrected chi connectivity index (χ4v) is 4.85. The molecule has 7 nitrogen and oxygen atoms in total. The van der Waals surface area contributed by atoms with Crippen LogP contribution in [0, 0.1) is 5.92 Å². The summed E-state index contributed by atoms with van der Waals surface area (Å²) in [5.74, 6) is 0.728. The zero-order valence-electron chi connectivity index (χ0n) is 16.4. The number of rotatable bonds is 5. The molecule has 29 heavy (non-hydrogen) atoms. The van der Waals surface area contributed by atoms with E-state index in [4.69, 9.17) is 0 Å². The molecule has 4 heterocycles. The van der Waals surface area contributed by atoms with E-state index in [1.54, 1.807) is 23.7 Å². The fourth-order valence-electron chi connectivity index (χ4n) is 3.50. The highest BCUT2D eigenvalue weighted by Gasteiger charge is 2.31. The number of carbonyl (C=O) groups is 2. The molecule has 1 N–H and O–H groups in total. The van der Waals surface area contributed by atoms with E-state index in [1.807, 2.05) is 41.6 Å². The number of thiophene rings is 2. The lowest BCUT2D eigenvalue weighted by Gasteiger charge is -2.37. The molecule has 0 saturated carbocycles. The topological polar surface area (TPSA) is 78.4 Å². The third-order valence-corrected chi connectivity index (χ3v) is 6.79. The van der Waals surface area contributed by atoms with Crippen LogP contribution in [0.25, 0.3) is 10.2 Å². The lowest BCUT2D eigenvalue weighted by molar-refractivity contribution is -0.134. The zero-order chi connectivity index (χ0) is 20.4. The van der Waals surface area contributed by atoms with Gasteiger partial charge in [0, 0.05) is 26.2 Å². The molecule has 9 heteroatoms. The summed E-state index contributed by atoms with van der Waals surface area (Å²) < 4.78 is 0. The van der Waals surface area contributed by atoms with E-state index in [0.29, 0.717) is 31.1 Å². The van der Waals surface area contributed by atoms with Crippen LogP contribution in [0.2, 0.25) is 0 Å². The van der Waals surface area contributed by atoms with E-state index in [2.05, 4.69) is 20.2 Å². The Labute approximate surface area is 177 Å². The van der Waals surface area contributed by atoms with Crippen molar-refractivity contribution < 1.29 is 9.59 Å². The summed E-state index contributed by atoms with van der Waals surface area (Å²) in [4.78, 5) is 40.0. The van der Waals surface area contributed by atoms with Crippen molar-refractivity contribution in [2.75, 3.05) is 31.1 Å². The number of nitrogens with zero attached hydrogens (tertiary/aromatic N) is 4. The molecular formula is C20H23N5O2S2. The van der Waals surface area contributed by atoms with Crippen LogP contribution in [0.5, 0.6) is 0 Å². The van der Waals surface area contributed by atoms with Crippen LogP contribution in [-0.2, 0) is 4.79 Å². The number of carbonyl (C=O) groups excluding carboxylic acids is 2. The van der Waals surface area contributed by atoms with Gasteiger partial charge in [-0.2, -0.15) is 0 Å². The lowest BCUT2D eigenvalue weighted by Crippen LogP contribution is -2.56. The third-order valence-electron chi connectivity index (χ3n) is 5.10. The predicted molar refractivity (Wildman–Crippen MR) is 117 cm³/mol. The van der Waals surface area contributed by atoms with Gasteiger partial charge >= 0.3 is 0 Å². The molecule has 1 unspecified atom stereocenters. The highest BCUT2D eigenvalue weighted by Crippen LogP contribution is 2.27. The van der Waals surface area contributed by atoms with Crippen LogP contribution in [-0.4, -0.2) is 58.9 Å². The van der Waals surface area contributed by atoms with Crippen molar-refractivity contribution in [3.8, 4) is 0 Å². The van der Waals surface area contributed by atoms with Gasteiger partial charge in [-0.25, -0.2) is 9.97 Å². The molecule has 1 atom stereocenters. The SMILES string of the molecule is CC(C)C(NC(=O)c1cccs1)C(=O)N1CCN(c2ncnc3sccc23)CC1. The summed E-state index contributed by atoms with van der Waals surface area (Å²) in [5, 5.41) is 7.86. The quantitative estimate of drug-likeness (QED) is 0.675. The number of nitrogens with one attached hydrogen (secondary N) is 1. The van der Waals surface area contributed by atoms with Gasteiger partial charge in [-0.1, -0.05) is 19.9 Å². The lowest BCUT2D eigenvalue weighted by atomic mass is 10.0. The maximum Gasteiger partial charge on any atom is 0.262 e. The summed E-state index contributed by atoms with van der Waals surface area (Å²) in [7, 11) is 0. The summed E-state index contributed by atoms with van der Waals surface area (Å²) in [6, 6.07) is 5.12. The standard InChI is InChI=1S/C20H23N5O2S2/c1-13(2)16(23-18(26)15-4-3-10-28-15)20(27)25-8-6-24(7-9-25)17-14-5-11-29-19(14)22-12-21-17/h3-5,10-13,16H,6-9H2,1-2H3,(H,23,26). The van der Waals surface area contributed by atoms with E-state index in [1.165, 1.54) is 11.3 Å². The molecule has 0 aliphatic carbocycles. The molecular weight excluding hydrogens is 406 g/mol. The van der Waals surface area contributed by atoms with Crippen molar-refractivity contribution in [1.29, 1.82) is 0 Å². The first-order valence-corrected chi connectivity index (χ1v) is 11.4. The van der Waals surface area contributed by atoms with E-state index < -0.39 is 6.04 Å². The predicted octanol–water partition coefficient (Wildman–Crippen LogP) is 2.86. The van der Waals surface area contributed by atoms with Crippen LogP contribution in [0.4, 0.5) is 5.82 Å². The Morgan fingerprint density at radius 2 is 1.86 bits per heavy atom. The Balaban J connectivity index is 1.42. The fraction of sp³-hybridized carbons (Fsp3) is 0.400. The largest absolute Gasteiger partial charge is 0.352 e. The van der Waals surface area contributed by atoms with Crippen molar-refractivity contribution in [3.63, 3.8) is 0 Å². The number of amides is 2. The van der Waals surface area contributed by atoms with Gasteiger partial charge in [-0.15, -0.1) is 22.7 Å². The first-order chi connectivity index (χ1) is 14.0. The van der Waals surface area contributed by atoms with Crippen LogP contribution in [0.3, 0.4) is 0 Å². The highest BCUT2D eigenvalue weighted by atomic mass is 32.1. The second-order valence-corrected chi connectivity index (χ2v) is 9.16. The first-order valence-electron chi connectivity index (χ1n) is 9.61. The average molecular weight is 430 g/mol. The molecule has 1 aliphatic heterocycles. The van der Waals surface area contributed by atoms with Gasteiger partial charge in [0.1, 0.15) is 23.0 Å². The molecule has 0 aromatic carbocycles. The highest BCUT2D eigenvalue weighted by molar-refractivity contribution is 7.16. The molecule has 0 spiro atoms. The van der Waals surface area contributed by atoms with E-state index in [-0.39, 0.29) is 17.7 Å². The Morgan fingerprint density at radius 3 is 2.55 bits per heavy atom. The molecule has 4 rings (SSSR count). The van der Waals surface area contributed by atoms with Crippen LogP contribution >= 0.6 is 22.7 Å². The second kappa shape index (κ2) is 8.46. The number of hydrogen-bond acceptors (Lipinski definition) is 7. The summed E-state index contributed by atoms with van der Waals surface area (Å²) in [6.07, 6.45) is 1.60. The minimum absolute atomic E-state index is 0.0109. The Bertz CT molecular complexity index is 993. The van der Waals surface area contributed by atoms with E-state index in [9.17, 15) is 9.59 Å². The van der Waals surface area contributed by atoms with Crippen molar-refractivity contribution in [3.05, 3.63) is 40.2 Å². The molecule has 3 aromatic rings. The van der Waals surface area contributed by atoms with Gasteiger partial charge in [0.2, 0.25) is 5.91 Å². The van der Waals surface area contributed by atoms with Crippen molar-refractivity contribution in [2.24, 2.45) is 5.92 Å². The van der Waals surface area contributed by atoms with Crippen molar-refractivity contribution in [2.45, 2.75) is 19.9 Å². The minimum atomic E-state index is -0.529. The van der Waals surface area contributed by atoms with Gasteiger partial charge in [0.15, 0.2) is 0 Å². The molecule has 152 valence electrons. The number of piperazine rings is 1. The number of fused-ring (bicyclic) bond motifs is 1. The van der Waals surface area contributed by atoms with Crippen LogP contribution in [0.15, 0.2) is 35.3 Å². The molecule has 1 fully saturated rings. The van der Waals surface area contributed by atoms with Gasteiger partial charge in [0.05, 0.1) is 10.3 Å². The Morgan fingerprint density at radius 1 is 1.07 bits per heavy atom. The molecule has 1 saturated heterocycles. The van der Waals surface area contributed by atoms with E-state index in [0.717, 1.165) is 16.0 Å². The van der Waals surface area contributed by atoms with Gasteiger partial charge in [0.25, 0.3) is 5.91 Å². The maximum absolute atomic E-state index is 13.1. The Kier molecular flexibility index (Phi) is 5.77. The van der Waals surface area contributed by atoms with Gasteiger partial charge in [-0.05, 0) is 28.8 Å². The number of hydrogen-bond donors (Lipinski definition) is 1. The van der Waals surface area contributed by atoms with E-state index >= 15 is 0 Å². The smallest absolute Gasteiger partial charge is 0.262 e. The van der Waals surface area contributed by atoms with Gasteiger partial charge < -0.3 is 15.1 Å². The maximum atomic E-state index is 13.1. The molecule has 1 aliphatic rings. The first kappa shape index (κ1) is 19.8. The normalized spacial score (nSPS) is 15.7. The zero-order valence-corrected chi connectivity index (χ0v) is 18.0. The van der Waals surface area contributed by atoms with Gasteiger partial charge in [-0.3, -0.25) is 9.59 Å². The summed E-state index contributed by atoms with van der Waals surface area (Å²) in [6.45, 7) is 6.54. The average Bonchev–Trinajstić information content (AvgIpc) is 3.43. The summed E-state index contributed by atoms with van der Waals surface area (Å²) in [5.41, 5.74) is 0. The van der Waals surface area contributed by atoms with Crippen molar-refractivity contribution >= 4 is 50.5 Å². The van der Waals surface area contributed by atoms with Crippen LogP contribution in [0.1, 0.15) is 23.5 Å². The molecule has 2 amide bonds. The van der Waals surface area contributed by atoms with Crippen LogP contribution < -0.4 is 10.2 Å². The monoisotopic (exact) mass is 429 g/mol. The minimum Gasteiger partial charge on any atom is -0.352 e. The number of anilines is 1. The van der Waals surface area contributed by atoms with Crippen molar-refractivity contribution in [1.82, 2.24) is 20.2 Å². The Hall–Kier alpha value is -2.52. The second-order valence-electron chi connectivity index (χ2n) is 7.32. The number of aromatic nitrogens is 2. The molecule has 0 bridgehead atoms.